The quantitative estimate of drug-likeness (QED) is 0.688. The number of ketones is 1. The molecule has 1 amide bonds. The van der Waals surface area contributed by atoms with Gasteiger partial charge in [-0.05, 0) is 51.0 Å². The molecule has 1 N–H and O–H groups in total. The molecule has 20 heavy (non-hydrogen) atoms. The number of carbonyl (C=O) groups excluding carboxylic acids is 2. The summed E-state index contributed by atoms with van der Waals surface area (Å²) in [6.45, 7) is 7.41. The van der Waals surface area contributed by atoms with Gasteiger partial charge in [-0.25, -0.2) is 0 Å². The van der Waals surface area contributed by atoms with Gasteiger partial charge in [0.1, 0.15) is 0 Å². The molecule has 0 unspecified atom stereocenters. The molecule has 1 aromatic carbocycles. The van der Waals surface area contributed by atoms with E-state index < -0.39 is 11.7 Å². The molecule has 1 aromatic heterocycles. The molecule has 0 saturated heterocycles. The lowest BCUT2D eigenvalue weighted by Gasteiger charge is -2.12. The second kappa shape index (κ2) is 5.33. The lowest BCUT2D eigenvalue weighted by Crippen LogP contribution is -2.31. The molecule has 0 atom stereocenters. The van der Waals surface area contributed by atoms with Crippen molar-refractivity contribution in [3.8, 4) is 0 Å². The Morgan fingerprint density at radius 1 is 0.900 bits per heavy atom. The molecule has 2 aromatic rings. The fraction of sp³-hybridized carbons (Fsp3) is 0.250. The first-order chi connectivity index (χ1) is 9.41. The monoisotopic (exact) mass is 270 g/mol. The van der Waals surface area contributed by atoms with Crippen LogP contribution in [0, 0.1) is 27.7 Å². The smallest absolute Gasteiger partial charge is 0.283 e. The van der Waals surface area contributed by atoms with Crippen molar-refractivity contribution in [2.75, 3.05) is 5.43 Å². The molecule has 104 valence electrons. The zero-order valence-electron chi connectivity index (χ0n) is 12.2. The average Bonchev–Trinajstić information content (AvgIpc) is 2.70. The zero-order chi connectivity index (χ0) is 14.9. The van der Waals surface area contributed by atoms with Crippen LogP contribution in [-0.4, -0.2) is 16.4 Å². The molecule has 0 bridgehead atoms. The molecule has 0 saturated carbocycles. The fourth-order valence-electron chi connectivity index (χ4n) is 2.28. The highest BCUT2D eigenvalue weighted by Gasteiger charge is 2.21. The minimum absolute atomic E-state index is 0.479. The van der Waals surface area contributed by atoms with Gasteiger partial charge in [-0.3, -0.25) is 19.7 Å². The highest BCUT2D eigenvalue weighted by Crippen LogP contribution is 2.14. The minimum Gasteiger partial charge on any atom is -0.283 e. The number of hydrogen-bond acceptors (Lipinski definition) is 2. The van der Waals surface area contributed by atoms with E-state index in [1.54, 1.807) is 4.68 Å². The average molecular weight is 270 g/mol. The van der Waals surface area contributed by atoms with Crippen molar-refractivity contribution in [3.05, 3.63) is 58.4 Å². The van der Waals surface area contributed by atoms with Crippen molar-refractivity contribution in [3.63, 3.8) is 0 Å². The van der Waals surface area contributed by atoms with Gasteiger partial charge in [-0.2, -0.15) is 0 Å². The molecular weight excluding hydrogens is 252 g/mol. The van der Waals surface area contributed by atoms with E-state index in [1.807, 2.05) is 58.0 Å². The molecule has 0 aliphatic carbocycles. The number of rotatable bonds is 3. The van der Waals surface area contributed by atoms with Crippen molar-refractivity contribution < 1.29 is 9.59 Å². The Kier molecular flexibility index (Phi) is 3.74. The van der Waals surface area contributed by atoms with Crippen molar-refractivity contribution in [2.24, 2.45) is 0 Å². The van der Waals surface area contributed by atoms with Gasteiger partial charge in [-0.1, -0.05) is 18.2 Å². The zero-order valence-corrected chi connectivity index (χ0v) is 12.2. The number of carbonyl (C=O) groups is 2. The lowest BCUT2D eigenvalue weighted by molar-refractivity contribution is -0.113. The van der Waals surface area contributed by atoms with E-state index in [-0.39, 0.29) is 0 Å². The van der Waals surface area contributed by atoms with Crippen molar-refractivity contribution >= 4 is 11.7 Å². The maximum atomic E-state index is 12.3. The van der Waals surface area contributed by atoms with Crippen LogP contribution in [0.4, 0.5) is 0 Å². The van der Waals surface area contributed by atoms with E-state index in [2.05, 4.69) is 5.43 Å². The Morgan fingerprint density at radius 2 is 1.40 bits per heavy atom. The standard InChI is InChI=1S/C16H18N2O2/c1-10-6-5-7-11(2)14(10)15(19)16(20)17-18-12(3)8-9-13(18)4/h5-9H,1-4H3,(H,17,20). The van der Waals surface area contributed by atoms with Crippen molar-refractivity contribution in [1.29, 1.82) is 0 Å². The van der Waals surface area contributed by atoms with Crippen LogP contribution in [0.1, 0.15) is 32.9 Å². The summed E-state index contributed by atoms with van der Waals surface area (Å²) >= 11 is 0. The Labute approximate surface area is 118 Å². The number of hydrogen-bond donors (Lipinski definition) is 1. The van der Waals surface area contributed by atoms with Gasteiger partial charge < -0.3 is 0 Å². The van der Waals surface area contributed by atoms with Gasteiger partial charge in [0.25, 0.3) is 5.78 Å². The van der Waals surface area contributed by atoms with E-state index in [1.165, 1.54) is 0 Å². The first kappa shape index (κ1) is 14.1. The molecule has 0 spiro atoms. The molecule has 4 heteroatoms. The topological polar surface area (TPSA) is 51.1 Å². The number of nitrogens with one attached hydrogen (secondary N) is 1. The normalized spacial score (nSPS) is 10.4. The van der Waals surface area contributed by atoms with Crippen molar-refractivity contribution in [2.45, 2.75) is 27.7 Å². The predicted molar refractivity (Wildman–Crippen MR) is 78.5 cm³/mol. The Hall–Kier alpha value is -2.36. The molecule has 4 nitrogen and oxygen atoms in total. The second-order valence-electron chi connectivity index (χ2n) is 4.99. The third-order valence-electron chi connectivity index (χ3n) is 3.40. The summed E-state index contributed by atoms with van der Waals surface area (Å²) in [5.41, 5.74) is 6.50. The van der Waals surface area contributed by atoms with Crippen LogP contribution in [-0.2, 0) is 4.79 Å². The number of benzene rings is 1. The Morgan fingerprint density at radius 3 is 1.90 bits per heavy atom. The summed E-state index contributed by atoms with van der Waals surface area (Å²) in [4.78, 5) is 24.4. The molecular formula is C16H18N2O2. The summed E-state index contributed by atoms with van der Waals surface area (Å²) in [5.74, 6) is -1.13. The molecule has 1 heterocycles. The maximum Gasteiger partial charge on any atom is 0.311 e. The molecule has 0 fully saturated rings. The van der Waals surface area contributed by atoms with E-state index in [4.69, 9.17) is 0 Å². The summed E-state index contributed by atoms with van der Waals surface area (Å²) in [6.07, 6.45) is 0. The van der Waals surface area contributed by atoms with Gasteiger partial charge in [0.2, 0.25) is 0 Å². The predicted octanol–water partition coefficient (Wildman–Crippen LogP) is 2.67. The number of nitrogens with zero attached hydrogens (tertiary/aromatic N) is 1. The highest BCUT2D eigenvalue weighted by atomic mass is 16.2. The minimum atomic E-state index is -0.621. The van der Waals surface area contributed by atoms with Crippen molar-refractivity contribution in [1.82, 2.24) is 4.68 Å². The highest BCUT2D eigenvalue weighted by molar-refractivity contribution is 6.46. The second-order valence-corrected chi connectivity index (χ2v) is 4.99. The van der Waals surface area contributed by atoms with Gasteiger partial charge in [-0.15, -0.1) is 0 Å². The van der Waals surface area contributed by atoms with Crippen LogP contribution >= 0.6 is 0 Å². The van der Waals surface area contributed by atoms with Gasteiger partial charge >= 0.3 is 5.91 Å². The number of Topliss-reactive ketones (excluding diaryl/α,β-unsaturated/α-hetero) is 1. The van der Waals surface area contributed by atoms with E-state index in [0.717, 1.165) is 22.5 Å². The first-order valence-corrected chi connectivity index (χ1v) is 6.48. The van der Waals surface area contributed by atoms with Crippen LogP contribution in [0.3, 0.4) is 0 Å². The summed E-state index contributed by atoms with van der Waals surface area (Å²) in [5, 5.41) is 0. The number of aryl methyl sites for hydroxylation is 4. The van der Waals surface area contributed by atoms with E-state index in [0.29, 0.717) is 5.56 Å². The maximum absolute atomic E-state index is 12.3. The first-order valence-electron chi connectivity index (χ1n) is 6.48. The molecule has 0 aliphatic rings. The van der Waals surface area contributed by atoms with Crippen LogP contribution in [0.2, 0.25) is 0 Å². The number of amides is 1. The third-order valence-corrected chi connectivity index (χ3v) is 3.40. The largest absolute Gasteiger partial charge is 0.311 e. The van der Waals surface area contributed by atoms with Crippen LogP contribution in [0.5, 0.6) is 0 Å². The van der Waals surface area contributed by atoms with Crippen LogP contribution < -0.4 is 5.43 Å². The van der Waals surface area contributed by atoms with Crippen LogP contribution in [0.25, 0.3) is 0 Å². The summed E-state index contributed by atoms with van der Waals surface area (Å²) < 4.78 is 1.62. The fourth-order valence-corrected chi connectivity index (χ4v) is 2.28. The molecule has 0 aliphatic heterocycles. The van der Waals surface area contributed by atoms with Gasteiger partial charge in [0.15, 0.2) is 0 Å². The van der Waals surface area contributed by atoms with E-state index >= 15 is 0 Å². The number of aromatic nitrogens is 1. The lowest BCUT2D eigenvalue weighted by atomic mass is 9.99. The summed E-state index contributed by atoms with van der Waals surface area (Å²) in [7, 11) is 0. The summed E-state index contributed by atoms with van der Waals surface area (Å²) in [6, 6.07) is 9.32. The third kappa shape index (κ3) is 2.50. The van der Waals surface area contributed by atoms with Gasteiger partial charge in [0.05, 0.1) is 0 Å². The van der Waals surface area contributed by atoms with E-state index in [9.17, 15) is 9.59 Å². The van der Waals surface area contributed by atoms with Gasteiger partial charge in [0, 0.05) is 17.0 Å². The SMILES string of the molecule is Cc1cccc(C)c1C(=O)C(=O)Nn1c(C)ccc1C. The van der Waals surface area contributed by atoms with Crippen LogP contribution in [0.15, 0.2) is 30.3 Å². The molecule has 2 rings (SSSR count). The Balaban J connectivity index is 2.28. The molecule has 0 radical (unpaired) electrons. The Bertz CT molecular complexity index is 644.